The highest BCUT2D eigenvalue weighted by Crippen LogP contribution is 2.23. The van der Waals surface area contributed by atoms with E-state index in [9.17, 15) is 4.79 Å². The predicted octanol–water partition coefficient (Wildman–Crippen LogP) is 2.67. The molecule has 6 nitrogen and oxygen atoms in total. The normalized spacial score (nSPS) is 15.7. The molecule has 1 aliphatic heterocycles. The summed E-state index contributed by atoms with van der Waals surface area (Å²) in [6.07, 6.45) is 6.56. The van der Waals surface area contributed by atoms with Gasteiger partial charge in [-0.15, -0.1) is 0 Å². The molecule has 0 spiro atoms. The molecule has 0 aromatic carbocycles. The fourth-order valence-electron chi connectivity index (χ4n) is 2.84. The van der Waals surface area contributed by atoms with Crippen molar-refractivity contribution < 1.29 is 9.53 Å². The van der Waals surface area contributed by atoms with E-state index in [-0.39, 0.29) is 5.91 Å². The number of hydrogen-bond acceptors (Lipinski definition) is 4. The topological polar surface area (TPSA) is 71.1 Å². The average Bonchev–Trinajstić information content (AvgIpc) is 3.04. The Labute approximate surface area is 139 Å². The molecule has 0 bridgehead atoms. The Balaban J connectivity index is 1.90. The first-order valence-corrected chi connectivity index (χ1v) is 9.01. The van der Waals surface area contributed by atoms with Crippen molar-refractivity contribution in [3.63, 3.8) is 0 Å². The molecule has 0 radical (unpaired) electrons. The first-order valence-electron chi connectivity index (χ1n) is 9.01. The second-order valence-electron chi connectivity index (χ2n) is 6.29. The fourth-order valence-corrected chi connectivity index (χ4v) is 2.84. The summed E-state index contributed by atoms with van der Waals surface area (Å²) in [6, 6.07) is 0. The molecular formula is C17H30N4O2. The van der Waals surface area contributed by atoms with Crippen LogP contribution in [-0.2, 0) is 16.0 Å². The summed E-state index contributed by atoms with van der Waals surface area (Å²) in [5, 5.41) is 7.27. The van der Waals surface area contributed by atoms with Crippen molar-refractivity contribution in [2.24, 2.45) is 0 Å². The van der Waals surface area contributed by atoms with Gasteiger partial charge in [0.1, 0.15) is 5.82 Å². The number of aromatic nitrogens is 3. The molecule has 0 unspecified atom stereocenters. The van der Waals surface area contributed by atoms with Gasteiger partial charge in [0, 0.05) is 32.2 Å². The summed E-state index contributed by atoms with van der Waals surface area (Å²) >= 11 is 0. The number of rotatable bonds is 9. The van der Waals surface area contributed by atoms with Crippen LogP contribution in [0, 0.1) is 0 Å². The molecule has 0 aliphatic carbocycles. The van der Waals surface area contributed by atoms with Crippen LogP contribution in [0.3, 0.4) is 0 Å². The van der Waals surface area contributed by atoms with Crippen LogP contribution < -0.4 is 0 Å². The van der Waals surface area contributed by atoms with E-state index in [0.717, 1.165) is 70.7 Å². The van der Waals surface area contributed by atoms with E-state index in [1.54, 1.807) is 0 Å². The zero-order valence-corrected chi connectivity index (χ0v) is 14.5. The summed E-state index contributed by atoms with van der Waals surface area (Å²) in [7, 11) is 0. The lowest BCUT2D eigenvalue weighted by Gasteiger charge is -2.22. The molecule has 6 heteroatoms. The summed E-state index contributed by atoms with van der Waals surface area (Å²) in [6.45, 7) is 7.54. The van der Waals surface area contributed by atoms with E-state index in [4.69, 9.17) is 4.74 Å². The van der Waals surface area contributed by atoms with Crippen LogP contribution in [0.5, 0.6) is 0 Å². The van der Waals surface area contributed by atoms with Crippen LogP contribution in [0.25, 0.3) is 0 Å². The number of amides is 1. The van der Waals surface area contributed by atoms with Gasteiger partial charge in [-0.25, -0.2) is 4.98 Å². The van der Waals surface area contributed by atoms with Crippen molar-refractivity contribution in [2.75, 3.05) is 26.3 Å². The van der Waals surface area contributed by atoms with E-state index in [1.165, 1.54) is 0 Å². The number of ether oxygens (including phenoxy) is 1. The summed E-state index contributed by atoms with van der Waals surface area (Å²) < 4.78 is 5.37. The summed E-state index contributed by atoms with van der Waals surface area (Å²) in [4.78, 5) is 19.1. The third kappa shape index (κ3) is 5.61. The molecule has 23 heavy (non-hydrogen) atoms. The van der Waals surface area contributed by atoms with Crippen molar-refractivity contribution >= 4 is 5.91 Å². The highest BCUT2D eigenvalue weighted by atomic mass is 16.5. The molecule has 0 atom stereocenters. The lowest BCUT2D eigenvalue weighted by molar-refractivity contribution is -0.130. The first-order chi connectivity index (χ1) is 11.2. The highest BCUT2D eigenvalue weighted by Gasteiger charge is 2.21. The SMILES string of the molecule is CCCCN(CCCC)C(=O)Cc1nc(C2CCOCC2)n[nH]1. The Morgan fingerprint density at radius 2 is 1.87 bits per heavy atom. The second kappa shape index (κ2) is 9.65. The van der Waals surface area contributed by atoms with E-state index < -0.39 is 0 Å². The van der Waals surface area contributed by atoms with Crippen molar-refractivity contribution in [3.05, 3.63) is 11.6 Å². The molecule has 1 fully saturated rings. The summed E-state index contributed by atoms with van der Waals surface area (Å²) in [5.41, 5.74) is 0. The van der Waals surface area contributed by atoms with Crippen LogP contribution in [-0.4, -0.2) is 52.3 Å². The monoisotopic (exact) mass is 322 g/mol. The molecule has 2 heterocycles. The minimum absolute atomic E-state index is 0.154. The van der Waals surface area contributed by atoms with Crippen LogP contribution in [0.4, 0.5) is 0 Å². The van der Waals surface area contributed by atoms with E-state index in [1.807, 2.05) is 4.90 Å². The summed E-state index contributed by atoms with van der Waals surface area (Å²) in [5.74, 6) is 2.04. The molecule has 1 aromatic heterocycles. The molecule has 1 aliphatic rings. The largest absolute Gasteiger partial charge is 0.381 e. The predicted molar refractivity (Wildman–Crippen MR) is 89.3 cm³/mol. The number of H-pyrrole nitrogens is 1. The van der Waals surface area contributed by atoms with Crippen molar-refractivity contribution in [3.8, 4) is 0 Å². The van der Waals surface area contributed by atoms with Gasteiger partial charge < -0.3 is 9.64 Å². The number of nitrogens with zero attached hydrogens (tertiary/aromatic N) is 3. The number of unbranched alkanes of at least 4 members (excludes halogenated alkanes) is 2. The molecule has 2 rings (SSSR count). The third-order valence-corrected chi connectivity index (χ3v) is 4.37. The van der Waals surface area contributed by atoms with Gasteiger partial charge in [0.2, 0.25) is 5.91 Å². The zero-order valence-electron chi connectivity index (χ0n) is 14.5. The van der Waals surface area contributed by atoms with Gasteiger partial charge in [-0.3, -0.25) is 9.89 Å². The third-order valence-electron chi connectivity index (χ3n) is 4.37. The molecule has 1 N–H and O–H groups in total. The molecule has 1 aromatic rings. The minimum atomic E-state index is 0.154. The van der Waals surface area contributed by atoms with Crippen molar-refractivity contribution in [1.82, 2.24) is 20.1 Å². The second-order valence-corrected chi connectivity index (χ2v) is 6.29. The van der Waals surface area contributed by atoms with Crippen LogP contribution in [0.1, 0.15) is 69.9 Å². The van der Waals surface area contributed by atoms with Crippen molar-refractivity contribution in [2.45, 2.75) is 64.7 Å². The van der Waals surface area contributed by atoms with Gasteiger partial charge in [-0.1, -0.05) is 26.7 Å². The van der Waals surface area contributed by atoms with Gasteiger partial charge >= 0.3 is 0 Å². The van der Waals surface area contributed by atoms with E-state index in [0.29, 0.717) is 18.2 Å². The van der Waals surface area contributed by atoms with Gasteiger partial charge in [-0.05, 0) is 25.7 Å². The van der Waals surface area contributed by atoms with Crippen LogP contribution in [0.2, 0.25) is 0 Å². The zero-order chi connectivity index (χ0) is 16.5. The number of nitrogens with one attached hydrogen (secondary N) is 1. The van der Waals surface area contributed by atoms with Crippen molar-refractivity contribution in [1.29, 1.82) is 0 Å². The maximum absolute atomic E-state index is 12.5. The van der Waals surface area contributed by atoms with E-state index >= 15 is 0 Å². The Morgan fingerprint density at radius 1 is 1.22 bits per heavy atom. The number of aromatic amines is 1. The Bertz CT molecular complexity index is 461. The number of carbonyl (C=O) groups excluding carboxylic acids is 1. The maximum atomic E-state index is 12.5. The smallest absolute Gasteiger partial charge is 0.230 e. The quantitative estimate of drug-likeness (QED) is 0.759. The number of carbonyl (C=O) groups is 1. The minimum Gasteiger partial charge on any atom is -0.381 e. The Hall–Kier alpha value is -1.43. The lowest BCUT2D eigenvalue weighted by Crippen LogP contribution is -2.34. The fraction of sp³-hybridized carbons (Fsp3) is 0.824. The van der Waals surface area contributed by atoms with Crippen LogP contribution in [0.15, 0.2) is 0 Å². The maximum Gasteiger partial charge on any atom is 0.230 e. The lowest BCUT2D eigenvalue weighted by atomic mass is 10.00. The van der Waals surface area contributed by atoms with Gasteiger partial charge in [-0.2, -0.15) is 5.10 Å². The van der Waals surface area contributed by atoms with E-state index in [2.05, 4.69) is 29.0 Å². The van der Waals surface area contributed by atoms with Gasteiger partial charge in [0.25, 0.3) is 0 Å². The molecule has 1 saturated heterocycles. The first kappa shape index (κ1) is 17.9. The Morgan fingerprint density at radius 3 is 2.48 bits per heavy atom. The standard InChI is InChI=1S/C17H30N4O2/c1-3-5-9-21(10-6-4-2)16(22)13-15-18-17(20-19-15)14-7-11-23-12-8-14/h14H,3-13H2,1-2H3,(H,18,19,20). The molecule has 1 amide bonds. The molecule has 130 valence electrons. The Kier molecular flexibility index (Phi) is 7.52. The average molecular weight is 322 g/mol. The molecular weight excluding hydrogens is 292 g/mol. The molecule has 0 saturated carbocycles. The highest BCUT2D eigenvalue weighted by molar-refractivity contribution is 5.77. The van der Waals surface area contributed by atoms with Crippen LogP contribution >= 0.6 is 0 Å². The van der Waals surface area contributed by atoms with Gasteiger partial charge in [0.15, 0.2) is 5.82 Å². The number of hydrogen-bond donors (Lipinski definition) is 1. The van der Waals surface area contributed by atoms with Gasteiger partial charge in [0.05, 0.1) is 6.42 Å².